The Labute approximate surface area is 135 Å². The normalized spacial score (nSPS) is 12.7. The third-order valence-corrected chi connectivity index (χ3v) is 5.38. The molecule has 0 radical (unpaired) electrons. The number of hydrogen-bond acceptors (Lipinski definition) is 2. The third-order valence-electron chi connectivity index (χ3n) is 2.34. The summed E-state index contributed by atoms with van der Waals surface area (Å²) < 4.78 is 3.19. The first-order valence-electron chi connectivity index (χ1n) is 4.93. The summed E-state index contributed by atoms with van der Waals surface area (Å²) >= 11 is 10.8. The second-order valence-corrected chi connectivity index (χ2v) is 8.24. The van der Waals surface area contributed by atoms with E-state index in [0.29, 0.717) is 6.42 Å². The van der Waals surface area contributed by atoms with Crippen molar-refractivity contribution in [2.45, 2.75) is 12.5 Å². The van der Waals surface area contributed by atoms with Gasteiger partial charge in [0.05, 0.1) is 9.89 Å². The summed E-state index contributed by atoms with van der Waals surface area (Å²) in [6.45, 7) is 0. The number of aliphatic hydroxyl groups is 1. The van der Waals surface area contributed by atoms with E-state index in [2.05, 4.69) is 54.5 Å². The smallest absolute Gasteiger partial charge is 0.0849 e. The minimum Gasteiger partial charge on any atom is -0.388 e. The molecule has 1 N–H and O–H groups in total. The van der Waals surface area contributed by atoms with Crippen LogP contribution in [0.4, 0.5) is 0 Å². The summed E-state index contributed by atoms with van der Waals surface area (Å²) in [5.74, 6) is 0. The van der Waals surface area contributed by atoms with Crippen LogP contribution in [0, 0.1) is 3.57 Å². The number of rotatable bonds is 3. The molecule has 1 atom stereocenters. The Balaban J connectivity index is 2.19. The molecule has 1 aromatic heterocycles. The van der Waals surface area contributed by atoms with Crippen molar-refractivity contribution in [3.8, 4) is 0 Å². The summed E-state index contributed by atoms with van der Waals surface area (Å²) in [7, 11) is 0. The first kappa shape index (κ1) is 14.0. The molecular formula is C12H9Br2IOS. The van der Waals surface area contributed by atoms with Crippen LogP contribution in [0.5, 0.6) is 0 Å². The number of benzene rings is 1. The number of halogens is 3. The van der Waals surface area contributed by atoms with Crippen LogP contribution in [0.3, 0.4) is 0 Å². The van der Waals surface area contributed by atoms with Gasteiger partial charge in [-0.25, -0.2) is 0 Å². The van der Waals surface area contributed by atoms with Crippen molar-refractivity contribution in [1.82, 2.24) is 0 Å². The zero-order chi connectivity index (χ0) is 12.4. The molecule has 0 aliphatic rings. The highest BCUT2D eigenvalue weighted by atomic mass is 127. The van der Waals surface area contributed by atoms with E-state index in [1.807, 2.05) is 30.3 Å². The quantitative estimate of drug-likeness (QED) is 0.593. The lowest BCUT2D eigenvalue weighted by Crippen LogP contribution is -2.01. The van der Waals surface area contributed by atoms with Crippen LogP contribution >= 0.6 is 65.8 Å². The zero-order valence-electron chi connectivity index (χ0n) is 8.66. The van der Waals surface area contributed by atoms with Crippen molar-refractivity contribution in [1.29, 1.82) is 0 Å². The zero-order valence-corrected chi connectivity index (χ0v) is 14.8. The molecule has 0 aliphatic heterocycles. The molecule has 1 unspecified atom stereocenters. The first-order chi connectivity index (χ1) is 8.06. The predicted molar refractivity (Wildman–Crippen MR) is 87.5 cm³/mol. The second kappa shape index (κ2) is 6.14. The summed E-state index contributed by atoms with van der Waals surface area (Å²) in [6.07, 6.45) is 0.180. The van der Waals surface area contributed by atoms with E-state index in [4.69, 9.17) is 0 Å². The molecule has 2 aromatic rings. The van der Waals surface area contributed by atoms with Crippen LogP contribution in [-0.2, 0) is 6.42 Å². The maximum Gasteiger partial charge on any atom is 0.0849 e. The van der Waals surface area contributed by atoms with Gasteiger partial charge in [0.25, 0.3) is 0 Å². The minimum absolute atomic E-state index is 0.468. The van der Waals surface area contributed by atoms with E-state index in [1.54, 1.807) is 11.3 Å². The van der Waals surface area contributed by atoms with Crippen LogP contribution in [0.15, 0.2) is 38.6 Å². The molecule has 0 fully saturated rings. The van der Waals surface area contributed by atoms with Crippen LogP contribution < -0.4 is 0 Å². The van der Waals surface area contributed by atoms with Crippen molar-refractivity contribution in [2.24, 2.45) is 0 Å². The van der Waals surface area contributed by atoms with E-state index in [0.717, 1.165) is 17.4 Å². The van der Waals surface area contributed by atoms with Crippen LogP contribution in [0.25, 0.3) is 0 Å². The monoisotopic (exact) mass is 486 g/mol. The Morgan fingerprint density at radius 1 is 1.24 bits per heavy atom. The highest BCUT2D eigenvalue weighted by Crippen LogP contribution is 2.30. The van der Waals surface area contributed by atoms with Crippen molar-refractivity contribution in [3.63, 3.8) is 0 Å². The highest BCUT2D eigenvalue weighted by molar-refractivity contribution is 14.1. The largest absolute Gasteiger partial charge is 0.388 e. The van der Waals surface area contributed by atoms with E-state index >= 15 is 0 Å². The molecule has 5 heteroatoms. The summed E-state index contributed by atoms with van der Waals surface area (Å²) in [6, 6.07) is 10.1. The molecular weight excluding hydrogens is 479 g/mol. The Kier molecular flexibility index (Phi) is 5.06. The molecule has 1 aromatic carbocycles. The molecule has 90 valence electrons. The topological polar surface area (TPSA) is 20.2 Å². The van der Waals surface area contributed by atoms with Gasteiger partial charge in [-0.2, -0.15) is 0 Å². The van der Waals surface area contributed by atoms with Gasteiger partial charge in [0.15, 0.2) is 0 Å². The molecule has 0 saturated heterocycles. The standard InChI is InChI=1S/C12H9Br2IOS/c13-10-3-1-7(15)5-9(10)11(16)6-8-2-4-12(14)17-8/h1-5,11,16H,6H2. The Morgan fingerprint density at radius 3 is 2.65 bits per heavy atom. The van der Waals surface area contributed by atoms with Crippen molar-refractivity contribution in [2.75, 3.05) is 0 Å². The van der Waals surface area contributed by atoms with Gasteiger partial charge in [0.2, 0.25) is 0 Å². The third kappa shape index (κ3) is 3.76. The molecule has 1 nitrogen and oxygen atoms in total. The number of aliphatic hydroxyl groups excluding tert-OH is 1. The highest BCUT2D eigenvalue weighted by Gasteiger charge is 2.13. The van der Waals surface area contributed by atoms with E-state index in [1.165, 1.54) is 4.88 Å². The average molecular weight is 488 g/mol. The van der Waals surface area contributed by atoms with Gasteiger partial charge in [-0.15, -0.1) is 11.3 Å². The molecule has 17 heavy (non-hydrogen) atoms. The predicted octanol–water partition coefficient (Wildman–Crippen LogP) is 5.15. The first-order valence-corrected chi connectivity index (χ1v) is 8.41. The van der Waals surface area contributed by atoms with Crippen LogP contribution in [0.2, 0.25) is 0 Å². The van der Waals surface area contributed by atoms with E-state index in [-0.39, 0.29) is 0 Å². The van der Waals surface area contributed by atoms with Gasteiger partial charge < -0.3 is 5.11 Å². The van der Waals surface area contributed by atoms with Crippen LogP contribution in [0.1, 0.15) is 16.5 Å². The fraction of sp³-hybridized carbons (Fsp3) is 0.167. The molecule has 0 saturated carbocycles. The average Bonchev–Trinajstić information content (AvgIpc) is 2.67. The summed E-state index contributed by atoms with van der Waals surface area (Å²) in [5.41, 5.74) is 0.946. The summed E-state index contributed by atoms with van der Waals surface area (Å²) in [5, 5.41) is 10.2. The van der Waals surface area contributed by atoms with Gasteiger partial charge in [-0.3, -0.25) is 0 Å². The van der Waals surface area contributed by atoms with Crippen molar-refractivity contribution in [3.05, 3.63) is 52.6 Å². The number of hydrogen-bond donors (Lipinski definition) is 1. The molecule has 2 rings (SSSR count). The Bertz CT molecular complexity index is 527. The lowest BCUT2D eigenvalue weighted by Gasteiger charge is -2.12. The van der Waals surface area contributed by atoms with Gasteiger partial charge in [0, 0.05) is 19.3 Å². The second-order valence-electron chi connectivity index (χ2n) is 3.59. The maximum absolute atomic E-state index is 10.2. The van der Waals surface area contributed by atoms with Gasteiger partial charge in [-0.05, 0) is 74.4 Å². The van der Waals surface area contributed by atoms with Gasteiger partial charge >= 0.3 is 0 Å². The SMILES string of the molecule is OC(Cc1ccc(Br)s1)c1cc(I)ccc1Br. The van der Waals surface area contributed by atoms with Crippen molar-refractivity contribution < 1.29 is 5.11 Å². The Morgan fingerprint density at radius 2 is 2.00 bits per heavy atom. The van der Waals surface area contributed by atoms with Crippen molar-refractivity contribution >= 4 is 65.8 Å². The maximum atomic E-state index is 10.2. The summed E-state index contributed by atoms with van der Waals surface area (Å²) in [4.78, 5) is 1.18. The van der Waals surface area contributed by atoms with E-state index in [9.17, 15) is 5.11 Å². The fourth-order valence-electron chi connectivity index (χ4n) is 1.53. The van der Waals surface area contributed by atoms with Gasteiger partial charge in [0.1, 0.15) is 0 Å². The Hall–Kier alpha value is 0.570. The molecule has 0 bridgehead atoms. The molecule has 0 aliphatic carbocycles. The van der Waals surface area contributed by atoms with E-state index < -0.39 is 6.10 Å². The molecule has 0 spiro atoms. The van der Waals surface area contributed by atoms with Crippen LogP contribution in [-0.4, -0.2) is 5.11 Å². The molecule has 1 heterocycles. The lowest BCUT2D eigenvalue weighted by molar-refractivity contribution is 0.178. The minimum atomic E-state index is -0.468. The molecule has 0 amide bonds. The number of thiophene rings is 1. The lowest BCUT2D eigenvalue weighted by atomic mass is 10.1. The van der Waals surface area contributed by atoms with Gasteiger partial charge in [-0.1, -0.05) is 15.9 Å². The fourth-order valence-corrected chi connectivity index (χ4v) is 4.08.